The van der Waals surface area contributed by atoms with E-state index in [0.717, 1.165) is 21.9 Å². The number of hydroxylamine groups is 2. The summed E-state index contributed by atoms with van der Waals surface area (Å²) in [7, 11) is 0. The highest BCUT2D eigenvalue weighted by atomic mass is 16.5. The molecule has 1 aliphatic rings. The number of hydrogen-bond acceptors (Lipinski definition) is 3. The second-order valence-corrected chi connectivity index (χ2v) is 3.76. The monoisotopic (exact) mass is 214 g/mol. The van der Waals surface area contributed by atoms with Crippen LogP contribution in [0.2, 0.25) is 0 Å². The van der Waals surface area contributed by atoms with Crippen molar-refractivity contribution in [1.29, 1.82) is 0 Å². The normalized spacial score (nSPS) is 16.5. The SMILES string of the molecule is C=C1C(N)=CC(C)=C(c2ccccc2)N1O. The van der Waals surface area contributed by atoms with Gasteiger partial charge >= 0.3 is 0 Å². The van der Waals surface area contributed by atoms with E-state index < -0.39 is 0 Å². The number of hydrogen-bond donors (Lipinski definition) is 2. The Balaban J connectivity index is 2.55. The molecule has 0 saturated carbocycles. The lowest BCUT2D eigenvalue weighted by atomic mass is 10.0. The van der Waals surface area contributed by atoms with Gasteiger partial charge in [-0.3, -0.25) is 5.21 Å². The van der Waals surface area contributed by atoms with Crippen molar-refractivity contribution in [3.63, 3.8) is 0 Å². The second-order valence-electron chi connectivity index (χ2n) is 3.76. The van der Waals surface area contributed by atoms with Crippen LogP contribution in [0.15, 0.2) is 60.0 Å². The molecule has 0 amide bonds. The zero-order chi connectivity index (χ0) is 11.7. The average Bonchev–Trinajstić information content (AvgIpc) is 2.28. The van der Waals surface area contributed by atoms with Gasteiger partial charge in [0.15, 0.2) is 0 Å². The fourth-order valence-electron chi connectivity index (χ4n) is 1.76. The highest BCUT2D eigenvalue weighted by Gasteiger charge is 2.20. The summed E-state index contributed by atoms with van der Waals surface area (Å²) < 4.78 is 0. The molecule has 1 heterocycles. The Morgan fingerprint density at radius 1 is 1.25 bits per heavy atom. The van der Waals surface area contributed by atoms with E-state index in [2.05, 4.69) is 6.58 Å². The van der Waals surface area contributed by atoms with E-state index in [0.29, 0.717) is 11.4 Å². The van der Waals surface area contributed by atoms with Crippen LogP contribution >= 0.6 is 0 Å². The molecule has 82 valence electrons. The van der Waals surface area contributed by atoms with E-state index in [9.17, 15) is 5.21 Å². The highest BCUT2D eigenvalue weighted by Crippen LogP contribution is 2.30. The maximum absolute atomic E-state index is 9.99. The molecular formula is C13H14N2O. The van der Waals surface area contributed by atoms with Gasteiger partial charge in [-0.2, -0.15) is 0 Å². The minimum atomic E-state index is 0.407. The summed E-state index contributed by atoms with van der Waals surface area (Å²) in [6, 6.07) is 9.65. The molecule has 0 atom stereocenters. The summed E-state index contributed by atoms with van der Waals surface area (Å²) >= 11 is 0. The molecule has 3 N–H and O–H groups in total. The first kappa shape index (κ1) is 10.5. The van der Waals surface area contributed by atoms with Crippen LogP contribution in [0.3, 0.4) is 0 Å². The maximum atomic E-state index is 9.99. The maximum Gasteiger partial charge on any atom is 0.0851 e. The van der Waals surface area contributed by atoms with Crippen LogP contribution in [0, 0.1) is 0 Å². The third-order valence-electron chi connectivity index (χ3n) is 2.59. The van der Waals surface area contributed by atoms with Gasteiger partial charge in [-0.25, -0.2) is 5.06 Å². The van der Waals surface area contributed by atoms with Crippen molar-refractivity contribution >= 4 is 5.70 Å². The van der Waals surface area contributed by atoms with E-state index in [1.807, 2.05) is 43.3 Å². The van der Waals surface area contributed by atoms with Crippen LogP contribution in [-0.2, 0) is 0 Å². The van der Waals surface area contributed by atoms with E-state index in [1.165, 1.54) is 0 Å². The van der Waals surface area contributed by atoms with Crippen molar-refractivity contribution < 1.29 is 5.21 Å². The fraction of sp³-hybridized carbons (Fsp3) is 0.0769. The first-order valence-electron chi connectivity index (χ1n) is 5.03. The van der Waals surface area contributed by atoms with Gasteiger partial charge in [-0.1, -0.05) is 36.9 Å². The van der Waals surface area contributed by atoms with Crippen molar-refractivity contribution in [2.45, 2.75) is 6.92 Å². The lowest BCUT2D eigenvalue weighted by Crippen LogP contribution is -2.24. The zero-order valence-electron chi connectivity index (χ0n) is 9.14. The van der Waals surface area contributed by atoms with Crippen molar-refractivity contribution in [2.75, 3.05) is 0 Å². The van der Waals surface area contributed by atoms with Crippen molar-refractivity contribution in [3.05, 3.63) is 65.5 Å². The molecule has 0 bridgehead atoms. The summed E-state index contributed by atoms with van der Waals surface area (Å²) in [6.07, 6.45) is 1.82. The molecular weight excluding hydrogens is 200 g/mol. The van der Waals surface area contributed by atoms with Gasteiger partial charge in [0.05, 0.1) is 17.1 Å². The number of nitrogens with two attached hydrogens (primary N) is 1. The Labute approximate surface area is 94.8 Å². The minimum absolute atomic E-state index is 0.407. The summed E-state index contributed by atoms with van der Waals surface area (Å²) in [5.74, 6) is 0. The Morgan fingerprint density at radius 2 is 1.88 bits per heavy atom. The van der Waals surface area contributed by atoms with Crippen LogP contribution in [0.25, 0.3) is 5.70 Å². The third-order valence-corrected chi connectivity index (χ3v) is 2.59. The van der Waals surface area contributed by atoms with Crippen LogP contribution < -0.4 is 5.73 Å². The van der Waals surface area contributed by atoms with Gasteiger partial charge in [0, 0.05) is 5.56 Å². The quantitative estimate of drug-likeness (QED) is 0.755. The van der Waals surface area contributed by atoms with Crippen molar-refractivity contribution in [3.8, 4) is 0 Å². The lowest BCUT2D eigenvalue weighted by Gasteiger charge is -2.28. The molecule has 1 aliphatic heterocycles. The standard InChI is InChI=1S/C13H14N2O/c1-9-8-12(14)10(2)15(16)13(9)11-6-4-3-5-7-11/h3-8,16H,2,14H2,1H3. The molecule has 16 heavy (non-hydrogen) atoms. The van der Waals surface area contributed by atoms with E-state index in [-0.39, 0.29) is 0 Å². The van der Waals surface area contributed by atoms with E-state index >= 15 is 0 Å². The van der Waals surface area contributed by atoms with Crippen LogP contribution in [0.1, 0.15) is 12.5 Å². The summed E-state index contributed by atoms with van der Waals surface area (Å²) in [5.41, 5.74) is 9.19. The Hall–Kier alpha value is -2.00. The summed E-state index contributed by atoms with van der Waals surface area (Å²) in [6.45, 7) is 5.64. The van der Waals surface area contributed by atoms with Gasteiger partial charge in [-0.15, -0.1) is 0 Å². The molecule has 0 radical (unpaired) electrons. The number of benzene rings is 1. The second kappa shape index (κ2) is 3.87. The van der Waals surface area contributed by atoms with Crippen LogP contribution in [0.5, 0.6) is 0 Å². The zero-order valence-corrected chi connectivity index (χ0v) is 9.14. The van der Waals surface area contributed by atoms with Gasteiger partial charge in [0.2, 0.25) is 0 Å². The smallest absolute Gasteiger partial charge is 0.0851 e. The number of allylic oxidation sites excluding steroid dienone is 2. The minimum Gasteiger partial charge on any atom is -0.397 e. The summed E-state index contributed by atoms with van der Waals surface area (Å²) in [4.78, 5) is 0. The molecule has 0 saturated heterocycles. The molecule has 0 fully saturated rings. The first-order valence-corrected chi connectivity index (χ1v) is 5.03. The summed E-state index contributed by atoms with van der Waals surface area (Å²) in [5, 5.41) is 11.0. The molecule has 3 heteroatoms. The number of rotatable bonds is 1. The van der Waals surface area contributed by atoms with Gasteiger partial charge in [0.25, 0.3) is 0 Å². The predicted octanol–water partition coefficient (Wildman–Crippen LogP) is 2.48. The lowest BCUT2D eigenvalue weighted by molar-refractivity contribution is 0.0112. The molecule has 0 spiro atoms. The molecule has 1 aromatic carbocycles. The Bertz CT molecular complexity index is 486. The Morgan fingerprint density at radius 3 is 2.50 bits per heavy atom. The Kier molecular flexibility index (Phi) is 2.54. The highest BCUT2D eigenvalue weighted by molar-refractivity contribution is 5.72. The van der Waals surface area contributed by atoms with E-state index in [1.54, 1.807) is 0 Å². The first-order chi connectivity index (χ1) is 7.61. The molecule has 1 aromatic rings. The van der Waals surface area contributed by atoms with Gasteiger partial charge in [0.1, 0.15) is 0 Å². The van der Waals surface area contributed by atoms with Crippen molar-refractivity contribution in [2.24, 2.45) is 5.73 Å². The van der Waals surface area contributed by atoms with Gasteiger partial charge in [-0.05, 0) is 18.6 Å². The van der Waals surface area contributed by atoms with Crippen LogP contribution in [0.4, 0.5) is 0 Å². The predicted molar refractivity (Wildman–Crippen MR) is 64.1 cm³/mol. The van der Waals surface area contributed by atoms with Crippen molar-refractivity contribution in [1.82, 2.24) is 5.06 Å². The molecule has 0 aliphatic carbocycles. The third kappa shape index (κ3) is 1.61. The molecule has 3 nitrogen and oxygen atoms in total. The molecule has 2 rings (SSSR count). The van der Waals surface area contributed by atoms with Crippen LogP contribution in [-0.4, -0.2) is 10.3 Å². The average molecular weight is 214 g/mol. The fourth-order valence-corrected chi connectivity index (χ4v) is 1.76. The molecule has 0 aromatic heterocycles. The van der Waals surface area contributed by atoms with E-state index in [4.69, 9.17) is 5.73 Å². The number of nitrogens with zero attached hydrogens (tertiary/aromatic N) is 1. The van der Waals surface area contributed by atoms with Gasteiger partial charge < -0.3 is 5.73 Å². The molecule has 0 unspecified atom stereocenters. The topological polar surface area (TPSA) is 49.5 Å². The largest absolute Gasteiger partial charge is 0.397 e.